The summed E-state index contributed by atoms with van der Waals surface area (Å²) in [6.07, 6.45) is 8.98. The molecule has 5 rings (SSSR count). The Labute approximate surface area is 212 Å². The fourth-order valence-electron chi connectivity index (χ4n) is 5.72. The van der Waals surface area contributed by atoms with Crippen molar-refractivity contribution in [2.45, 2.75) is 70.7 Å². The van der Waals surface area contributed by atoms with Crippen LogP contribution >= 0.6 is 0 Å². The summed E-state index contributed by atoms with van der Waals surface area (Å²) in [5.41, 5.74) is 4.19. The van der Waals surface area contributed by atoms with E-state index in [0.717, 1.165) is 48.2 Å². The van der Waals surface area contributed by atoms with E-state index in [0.29, 0.717) is 19.5 Å². The molecular formula is C29H35N5O2. The number of fused-ring (bicyclic) bond motifs is 1. The molecule has 2 atom stereocenters. The molecule has 2 unspecified atom stereocenters. The van der Waals surface area contributed by atoms with E-state index in [1.54, 1.807) is 13.3 Å². The Balaban J connectivity index is 1.59. The Kier molecular flexibility index (Phi) is 7.35. The first kappa shape index (κ1) is 24.1. The third kappa shape index (κ3) is 5.30. The van der Waals surface area contributed by atoms with Crippen LogP contribution in [0.25, 0.3) is 0 Å². The van der Waals surface area contributed by atoms with Gasteiger partial charge in [0.1, 0.15) is 6.17 Å². The van der Waals surface area contributed by atoms with Gasteiger partial charge in [-0.1, -0.05) is 67.8 Å². The van der Waals surface area contributed by atoms with Crippen LogP contribution in [-0.2, 0) is 29.1 Å². The molecule has 0 radical (unpaired) electrons. The number of anilines is 1. The van der Waals surface area contributed by atoms with Gasteiger partial charge in [0.2, 0.25) is 11.8 Å². The highest BCUT2D eigenvalue weighted by atomic mass is 16.2. The highest BCUT2D eigenvalue weighted by Gasteiger charge is 2.40. The lowest BCUT2D eigenvalue weighted by molar-refractivity contribution is -0.134. The predicted octanol–water partition coefficient (Wildman–Crippen LogP) is 4.41. The van der Waals surface area contributed by atoms with Crippen LogP contribution in [0.4, 0.5) is 5.69 Å². The van der Waals surface area contributed by atoms with Crippen molar-refractivity contribution in [3.8, 4) is 0 Å². The number of aromatic amines is 1. The van der Waals surface area contributed by atoms with Gasteiger partial charge in [-0.2, -0.15) is 0 Å². The van der Waals surface area contributed by atoms with Crippen LogP contribution in [0.3, 0.4) is 0 Å². The van der Waals surface area contributed by atoms with Crippen molar-refractivity contribution in [2.75, 3.05) is 4.90 Å². The van der Waals surface area contributed by atoms with E-state index in [1.807, 2.05) is 41.4 Å². The van der Waals surface area contributed by atoms with Crippen molar-refractivity contribution in [2.24, 2.45) is 5.92 Å². The minimum atomic E-state index is -0.393. The number of hydrogen-bond donors (Lipinski definition) is 2. The molecule has 0 spiro atoms. The number of amides is 2. The second-order valence-electron chi connectivity index (χ2n) is 10.0. The SMILES string of the molecule is CC(=O)N1Cc2ccccc2N(Cc2cnc[nH]2)C(NC(=O)C2CCCCC2)C1Cc1ccccc1. The van der Waals surface area contributed by atoms with Crippen molar-refractivity contribution in [3.05, 3.63) is 83.9 Å². The zero-order valence-corrected chi connectivity index (χ0v) is 20.9. The number of imidazole rings is 1. The van der Waals surface area contributed by atoms with E-state index in [1.165, 1.54) is 6.42 Å². The van der Waals surface area contributed by atoms with E-state index >= 15 is 0 Å². The quantitative estimate of drug-likeness (QED) is 0.542. The Morgan fingerprint density at radius 3 is 2.50 bits per heavy atom. The first-order valence-corrected chi connectivity index (χ1v) is 13.0. The molecule has 188 valence electrons. The zero-order chi connectivity index (χ0) is 24.9. The Bertz CT molecular complexity index is 1160. The van der Waals surface area contributed by atoms with Gasteiger partial charge in [-0.15, -0.1) is 0 Å². The third-order valence-corrected chi connectivity index (χ3v) is 7.60. The van der Waals surface area contributed by atoms with E-state index in [-0.39, 0.29) is 23.8 Å². The van der Waals surface area contributed by atoms with Gasteiger partial charge in [-0.05, 0) is 36.5 Å². The molecule has 1 saturated carbocycles. The number of para-hydroxylation sites is 1. The number of carbonyl (C=O) groups excluding carboxylic acids is 2. The molecule has 0 saturated heterocycles. The average Bonchev–Trinajstić information content (AvgIpc) is 3.39. The molecule has 2 aliphatic rings. The molecule has 1 aliphatic heterocycles. The lowest BCUT2D eigenvalue weighted by atomic mass is 9.88. The fourth-order valence-corrected chi connectivity index (χ4v) is 5.72. The monoisotopic (exact) mass is 485 g/mol. The van der Waals surface area contributed by atoms with Crippen molar-refractivity contribution in [3.63, 3.8) is 0 Å². The molecule has 36 heavy (non-hydrogen) atoms. The van der Waals surface area contributed by atoms with Gasteiger partial charge in [-0.3, -0.25) is 9.59 Å². The number of nitrogens with zero attached hydrogens (tertiary/aromatic N) is 3. The van der Waals surface area contributed by atoms with E-state index < -0.39 is 6.17 Å². The lowest BCUT2D eigenvalue weighted by Gasteiger charge is -2.41. The normalized spacial score (nSPS) is 20.5. The van der Waals surface area contributed by atoms with Crippen LogP contribution in [-0.4, -0.2) is 38.9 Å². The summed E-state index contributed by atoms with van der Waals surface area (Å²) in [5.74, 6) is 0.121. The van der Waals surface area contributed by atoms with Crippen LogP contribution < -0.4 is 10.2 Å². The summed E-state index contributed by atoms with van der Waals surface area (Å²) >= 11 is 0. The third-order valence-electron chi connectivity index (χ3n) is 7.60. The molecule has 7 nitrogen and oxygen atoms in total. The van der Waals surface area contributed by atoms with Crippen LogP contribution in [0.5, 0.6) is 0 Å². The molecule has 2 aromatic carbocycles. The predicted molar refractivity (Wildman–Crippen MR) is 140 cm³/mol. The summed E-state index contributed by atoms with van der Waals surface area (Å²) in [6, 6.07) is 18.2. The van der Waals surface area contributed by atoms with Crippen molar-refractivity contribution in [1.82, 2.24) is 20.2 Å². The van der Waals surface area contributed by atoms with E-state index in [4.69, 9.17) is 0 Å². The maximum atomic E-state index is 13.7. The van der Waals surface area contributed by atoms with Crippen LogP contribution in [0, 0.1) is 5.92 Å². The second-order valence-corrected chi connectivity index (χ2v) is 10.0. The number of benzene rings is 2. The molecule has 3 aromatic rings. The Morgan fingerprint density at radius 2 is 1.78 bits per heavy atom. The van der Waals surface area contributed by atoms with E-state index in [9.17, 15) is 9.59 Å². The second kappa shape index (κ2) is 11.0. The molecular weight excluding hydrogens is 450 g/mol. The first-order chi connectivity index (χ1) is 17.6. The van der Waals surface area contributed by atoms with Gasteiger partial charge >= 0.3 is 0 Å². The largest absolute Gasteiger partial charge is 0.347 e. The van der Waals surface area contributed by atoms with Crippen molar-refractivity contribution < 1.29 is 9.59 Å². The highest BCUT2D eigenvalue weighted by molar-refractivity contribution is 5.80. The first-order valence-electron chi connectivity index (χ1n) is 13.0. The number of rotatable bonds is 6. The summed E-state index contributed by atoms with van der Waals surface area (Å²) in [6.45, 7) is 2.67. The van der Waals surface area contributed by atoms with Gasteiger partial charge in [0.25, 0.3) is 0 Å². The number of nitrogens with one attached hydrogen (secondary N) is 2. The minimum Gasteiger partial charge on any atom is -0.347 e. The molecule has 1 fully saturated rings. The summed E-state index contributed by atoms with van der Waals surface area (Å²) < 4.78 is 0. The average molecular weight is 486 g/mol. The Morgan fingerprint density at radius 1 is 1.03 bits per heavy atom. The standard InChI is InChI=1S/C29H35N5O2/c1-21(35)33-18-24-14-8-9-15-26(24)34(19-25-17-30-20-31-25)28(27(33)16-22-10-4-2-5-11-22)32-29(36)23-12-6-3-7-13-23/h2,4-5,8-11,14-15,17,20,23,27-28H,3,6-7,12-13,16,18-19H2,1H3,(H,30,31)(H,32,36). The summed E-state index contributed by atoms with van der Waals surface area (Å²) in [4.78, 5) is 38.4. The van der Waals surface area contributed by atoms with Crippen LogP contribution in [0.15, 0.2) is 67.1 Å². The number of H-pyrrole nitrogens is 1. The molecule has 1 aliphatic carbocycles. The maximum absolute atomic E-state index is 13.7. The highest BCUT2D eigenvalue weighted by Crippen LogP contribution is 2.33. The molecule has 2 amide bonds. The lowest BCUT2D eigenvalue weighted by Crippen LogP contribution is -2.61. The van der Waals surface area contributed by atoms with Gasteiger partial charge in [0, 0.05) is 31.3 Å². The summed E-state index contributed by atoms with van der Waals surface area (Å²) in [7, 11) is 0. The fraction of sp³-hybridized carbons (Fsp3) is 0.414. The molecule has 2 N–H and O–H groups in total. The van der Waals surface area contributed by atoms with Gasteiger partial charge in [0.15, 0.2) is 0 Å². The minimum absolute atomic E-state index is 0.00559. The molecule has 2 heterocycles. The van der Waals surface area contributed by atoms with Gasteiger partial charge in [0.05, 0.1) is 24.6 Å². The molecule has 1 aromatic heterocycles. The number of hydrogen-bond acceptors (Lipinski definition) is 4. The number of aromatic nitrogens is 2. The van der Waals surface area contributed by atoms with Crippen molar-refractivity contribution in [1.29, 1.82) is 0 Å². The summed E-state index contributed by atoms with van der Waals surface area (Å²) in [5, 5.41) is 3.45. The zero-order valence-electron chi connectivity index (χ0n) is 20.9. The van der Waals surface area contributed by atoms with Crippen LogP contribution in [0.2, 0.25) is 0 Å². The Hall–Kier alpha value is -3.61. The van der Waals surface area contributed by atoms with Crippen LogP contribution in [0.1, 0.15) is 55.8 Å². The maximum Gasteiger partial charge on any atom is 0.224 e. The smallest absolute Gasteiger partial charge is 0.224 e. The van der Waals surface area contributed by atoms with Gasteiger partial charge < -0.3 is 20.1 Å². The molecule has 0 bridgehead atoms. The molecule has 7 heteroatoms. The van der Waals surface area contributed by atoms with E-state index in [2.05, 4.69) is 44.5 Å². The van der Waals surface area contributed by atoms with Crippen molar-refractivity contribution >= 4 is 17.5 Å². The number of carbonyl (C=O) groups is 2. The van der Waals surface area contributed by atoms with Gasteiger partial charge in [-0.25, -0.2) is 4.98 Å². The topological polar surface area (TPSA) is 81.3 Å².